The Labute approximate surface area is 58.9 Å². The average molecular weight is 136 g/mol. The summed E-state index contributed by atoms with van der Waals surface area (Å²) in [5, 5.41) is 0. The number of aldehydes is 1. The van der Waals surface area contributed by atoms with Gasteiger partial charge in [0.1, 0.15) is 12.3 Å². The van der Waals surface area contributed by atoms with Gasteiger partial charge < -0.3 is 10.5 Å². The van der Waals surface area contributed by atoms with Gasteiger partial charge in [0, 0.05) is 6.20 Å². The van der Waals surface area contributed by atoms with Gasteiger partial charge in [0.25, 0.3) is 0 Å². The van der Waals surface area contributed by atoms with Crippen LogP contribution in [0.5, 0.6) is 0 Å². The SMILES string of the molecule is NC(C=O)c1ccccn1. The summed E-state index contributed by atoms with van der Waals surface area (Å²) in [7, 11) is 0. The van der Waals surface area contributed by atoms with Crippen molar-refractivity contribution >= 4 is 6.29 Å². The van der Waals surface area contributed by atoms with E-state index in [2.05, 4.69) is 4.98 Å². The first-order valence-electron chi connectivity index (χ1n) is 2.96. The Balaban J connectivity index is 2.84. The van der Waals surface area contributed by atoms with Crippen molar-refractivity contribution in [3.05, 3.63) is 30.1 Å². The summed E-state index contributed by atoms with van der Waals surface area (Å²) in [6.07, 6.45) is 2.28. The van der Waals surface area contributed by atoms with Crippen molar-refractivity contribution < 1.29 is 4.79 Å². The van der Waals surface area contributed by atoms with Crippen molar-refractivity contribution in [2.24, 2.45) is 5.73 Å². The zero-order valence-corrected chi connectivity index (χ0v) is 5.40. The first-order valence-corrected chi connectivity index (χ1v) is 2.96. The molecule has 1 heterocycles. The van der Waals surface area contributed by atoms with Crippen LogP contribution in [-0.2, 0) is 4.79 Å². The molecule has 3 heteroatoms. The fourth-order valence-corrected chi connectivity index (χ4v) is 0.643. The van der Waals surface area contributed by atoms with E-state index in [1.54, 1.807) is 24.4 Å². The molecule has 0 radical (unpaired) electrons. The Morgan fingerprint density at radius 3 is 2.90 bits per heavy atom. The van der Waals surface area contributed by atoms with E-state index < -0.39 is 6.04 Å². The molecule has 0 aliphatic carbocycles. The molecule has 1 aromatic heterocycles. The molecule has 2 N–H and O–H groups in total. The van der Waals surface area contributed by atoms with Gasteiger partial charge in [-0.1, -0.05) is 6.07 Å². The minimum absolute atomic E-state index is 0.582. The van der Waals surface area contributed by atoms with Crippen LogP contribution >= 0.6 is 0 Å². The third-order valence-electron chi connectivity index (χ3n) is 1.18. The molecule has 0 aliphatic heterocycles. The number of nitrogens with zero attached hydrogens (tertiary/aromatic N) is 1. The van der Waals surface area contributed by atoms with Gasteiger partial charge in [-0.15, -0.1) is 0 Å². The molecule has 3 nitrogen and oxygen atoms in total. The second-order valence-electron chi connectivity index (χ2n) is 1.92. The summed E-state index contributed by atoms with van der Waals surface area (Å²) in [6.45, 7) is 0. The Morgan fingerprint density at radius 1 is 1.60 bits per heavy atom. The maximum atomic E-state index is 10.1. The van der Waals surface area contributed by atoms with Crippen LogP contribution in [-0.4, -0.2) is 11.3 Å². The summed E-state index contributed by atoms with van der Waals surface area (Å²) in [6, 6.07) is 4.72. The predicted molar refractivity (Wildman–Crippen MR) is 37.2 cm³/mol. The third-order valence-corrected chi connectivity index (χ3v) is 1.18. The molecule has 1 atom stereocenters. The van der Waals surface area contributed by atoms with Crippen LogP contribution in [0.15, 0.2) is 24.4 Å². The van der Waals surface area contributed by atoms with Gasteiger partial charge in [0.2, 0.25) is 0 Å². The van der Waals surface area contributed by atoms with Gasteiger partial charge in [-0.25, -0.2) is 0 Å². The van der Waals surface area contributed by atoms with Crippen LogP contribution < -0.4 is 5.73 Å². The number of carbonyl (C=O) groups is 1. The van der Waals surface area contributed by atoms with E-state index in [0.29, 0.717) is 12.0 Å². The lowest BCUT2D eigenvalue weighted by molar-refractivity contribution is -0.109. The summed E-state index contributed by atoms with van der Waals surface area (Å²) in [5.74, 6) is 0. The van der Waals surface area contributed by atoms with Gasteiger partial charge in [-0.3, -0.25) is 4.98 Å². The highest BCUT2D eigenvalue weighted by atomic mass is 16.1. The summed E-state index contributed by atoms with van der Waals surface area (Å²) >= 11 is 0. The van der Waals surface area contributed by atoms with Gasteiger partial charge in [0.15, 0.2) is 0 Å². The largest absolute Gasteiger partial charge is 0.317 e. The molecule has 52 valence electrons. The lowest BCUT2D eigenvalue weighted by Gasteiger charge is -1.99. The Hall–Kier alpha value is -1.22. The molecule has 0 amide bonds. The summed E-state index contributed by atoms with van der Waals surface area (Å²) < 4.78 is 0. The molecule has 0 aromatic carbocycles. The minimum atomic E-state index is -0.582. The average Bonchev–Trinajstić information content (AvgIpc) is 2.05. The molecule has 1 rings (SSSR count). The fourth-order valence-electron chi connectivity index (χ4n) is 0.643. The maximum absolute atomic E-state index is 10.1. The first-order chi connectivity index (χ1) is 4.84. The molecule has 1 unspecified atom stereocenters. The molecule has 0 fully saturated rings. The predicted octanol–water partition coefficient (Wildman–Crippen LogP) is 0.280. The molecule has 0 saturated carbocycles. The number of nitrogens with two attached hydrogens (primary N) is 1. The number of hydrogen-bond donors (Lipinski definition) is 1. The van der Waals surface area contributed by atoms with Crippen molar-refractivity contribution in [1.29, 1.82) is 0 Å². The molecule has 0 bridgehead atoms. The van der Waals surface area contributed by atoms with Crippen LogP contribution in [0.25, 0.3) is 0 Å². The quantitative estimate of drug-likeness (QED) is 0.594. The van der Waals surface area contributed by atoms with E-state index in [1.807, 2.05) is 0 Å². The normalized spacial score (nSPS) is 12.5. The van der Waals surface area contributed by atoms with Gasteiger partial charge >= 0.3 is 0 Å². The van der Waals surface area contributed by atoms with E-state index in [4.69, 9.17) is 5.73 Å². The highest BCUT2D eigenvalue weighted by Crippen LogP contribution is 2.00. The number of rotatable bonds is 2. The number of hydrogen-bond acceptors (Lipinski definition) is 3. The molecule has 0 saturated heterocycles. The topological polar surface area (TPSA) is 56.0 Å². The summed E-state index contributed by atoms with van der Waals surface area (Å²) in [5.41, 5.74) is 5.97. The second-order valence-corrected chi connectivity index (χ2v) is 1.92. The van der Waals surface area contributed by atoms with Crippen LogP contribution in [0.3, 0.4) is 0 Å². The Kier molecular flexibility index (Phi) is 2.12. The zero-order valence-electron chi connectivity index (χ0n) is 5.40. The lowest BCUT2D eigenvalue weighted by Crippen LogP contribution is -2.12. The van der Waals surface area contributed by atoms with E-state index in [9.17, 15) is 4.79 Å². The molecule has 0 aliphatic rings. The standard InChI is InChI=1S/C7H8N2O/c8-6(5-10)7-3-1-2-4-9-7/h1-6H,8H2. The van der Waals surface area contributed by atoms with E-state index in [1.165, 1.54) is 0 Å². The highest BCUT2D eigenvalue weighted by Gasteiger charge is 2.01. The van der Waals surface area contributed by atoms with Crippen molar-refractivity contribution in [2.75, 3.05) is 0 Å². The van der Waals surface area contributed by atoms with E-state index in [0.717, 1.165) is 0 Å². The molecule has 1 aromatic rings. The summed E-state index contributed by atoms with van der Waals surface area (Å²) in [4.78, 5) is 14.0. The molecular formula is C7H8N2O. The van der Waals surface area contributed by atoms with E-state index in [-0.39, 0.29) is 0 Å². The number of pyridine rings is 1. The third kappa shape index (κ3) is 1.39. The van der Waals surface area contributed by atoms with Gasteiger partial charge in [-0.05, 0) is 12.1 Å². The highest BCUT2D eigenvalue weighted by molar-refractivity contribution is 5.59. The monoisotopic (exact) mass is 136 g/mol. The second kappa shape index (κ2) is 3.08. The van der Waals surface area contributed by atoms with Crippen LogP contribution in [0.1, 0.15) is 11.7 Å². The first kappa shape index (κ1) is 6.89. The van der Waals surface area contributed by atoms with Crippen LogP contribution in [0, 0.1) is 0 Å². The zero-order chi connectivity index (χ0) is 7.40. The number of carbonyl (C=O) groups excluding carboxylic acids is 1. The Bertz CT molecular complexity index is 210. The van der Waals surface area contributed by atoms with Crippen molar-refractivity contribution in [2.45, 2.75) is 6.04 Å². The number of aromatic nitrogens is 1. The molecule has 10 heavy (non-hydrogen) atoms. The van der Waals surface area contributed by atoms with Crippen LogP contribution in [0.4, 0.5) is 0 Å². The van der Waals surface area contributed by atoms with Gasteiger partial charge in [0.05, 0.1) is 5.69 Å². The van der Waals surface area contributed by atoms with Crippen LogP contribution in [0.2, 0.25) is 0 Å². The Morgan fingerprint density at radius 2 is 2.40 bits per heavy atom. The maximum Gasteiger partial charge on any atom is 0.142 e. The minimum Gasteiger partial charge on any atom is -0.317 e. The smallest absolute Gasteiger partial charge is 0.142 e. The van der Waals surface area contributed by atoms with Crippen molar-refractivity contribution in [3.63, 3.8) is 0 Å². The molecular weight excluding hydrogens is 128 g/mol. The van der Waals surface area contributed by atoms with Gasteiger partial charge in [-0.2, -0.15) is 0 Å². The van der Waals surface area contributed by atoms with E-state index >= 15 is 0 Å². The lowest BCUT2D eigenvalue weighted by atomic mass is 10.2. The fraction of sp³-hybridized carbons (Fsp3) is 0.143. The molecule has 0 spiro atoms. The van der Waals surface area contributed by atoms with Crippen molar-refractivity contribution in [3.8, 4) is 0 Å². The van der Waals surface area contributed by atoms with Crippen molar-refractivity contribution in [1.82, 2.24) is 4.98 Å².